The quantitative estimate of drug-likeness (QED) is 0.123. The minimum atomic E-state index is -0.0973. The SMILES string of the molecule is Cc1ccc(N(c2ccc(C)cc2)c2cc3c4c5c2cccc5c2cccc5c(N(c6ccc(C)cc6)c6ccc(C)cc6)c6cccc(c6c4c52)C32CCCC2)cc1. The molecule has 0 unspecified atom stereocenters. The van der Waals surface area contributed by atoms with Gasteiger partial charge in [0.2, 0.25) is 0 Å². The van der Waals surface area contributed by atoms with Crippen LogP contribution in [-0.4, -0.2) is 0 Å². The van der Waals surface area contributed by atoms with E-state index in [1.807, 2.05) is 0 Å². The summed E-state index contributed by atoms with van der Waals surface area (Å²) in [7, 11) is 0. The van der Waals surface area contributed by atoms with Gasteiger partial charge >= 0.3 is 0 Å². The average Bonchev–Trinajstić information content (AvgIpc) is 3.76. The van der Waals surface area contributed by atoms with Crippen LogP contribution in [-0.2, 0) is 5.41 Å². The van der Waals surface area contributed by atoms with Gasteiger partial charge in [-0.15, -0.1) is 0 Å². The molecule has 12 rings (SSSR count). The van der Waals surface area contributed by atoms with Crippen LogP contribution in [0.3, 0.4) is 0 Å². The van der Waals surface area contributed by atoms with Gasteiger partial charge in [-0.2, -0.15) is 0 Å². The second-order valence-electron chi connectivity index (χ2n) is 17.5. The van der Waals surface area contributed by atoms with Crippen molar-refractivity contribution >= 4 is 88.0 Å². The van der Waals surface area contributed by atoms with Crippen LogP contribution in [0.15, 0.2) is 158 Å². The van der Waals surface area contributed by atoms with Gasteiger partial charge in [0.05, 0.1) is 11.4 Å². The smallest absolute Gasteiger partial charge is 0.0619 e. The summed E-state index contributed by atoms with van der Waals surface area (Å²) < 4.78 is 0. The maximum atomic E-state index is 2.63. The number of hydrogen-bond donors (Lipinski definition) is 0. The van der Waals surface area contributed by atoms with E-state index in [9.17, 15) is 0 Å². The summed E-state index contributed by atoms with van der Waals surface area (Å²) in [4.78, 5) is 5.06. The van der Waals surface area contributed by atoms with E-state index in [0.717, 1.165) is 12.8 Å². The largest absolute Gasteiger partial charge is 0.310 e. The van der Waals surface area contributed by atoms with Gasteiger partial charge in [0.15, 0.2) is 0 Å². The lowest BCUT2D eigenvalue weighted by Gasteiger charge is -2.40. The first-order valence-electron chi connectivity index (χ1n) is 21.4. The Labute approximate surface area is 346 Å². The Morgan fingerprint density at radius 2 is 0.763 bits per heavy atom. The van der Waals surface area contributed by atoms with E-state index in [2.05, 4.69) is 195 Å². The first kappa shape index (κ1) is 34.4. The van der Waals surface area contributed by atoms with E-state index in [-0.39, 0.29) is 5.41 Å². The number of nitrogens with zero attached hydrogens (tertiary/aromatic N) is 2. The molecule has 2 aliphatic rings. The molecule has 0 heterocycles. The molecule has 0 bridgehead atoms. The lowest BCUT2D eigenvalue weighted by molar-refractivity contribution is 0.544. The third kappa shape index (κ3) is 4.87. The fourth-order valence-electron chi connectivity index (χ4n) is 11.2. The van der Waals surface area contributed by atoms with E-state index in [4.69, 9.17) is 0 Å². The summed E-state index contributed by atoms with van der Waals surface area (Å²) in [5.74, 6) is 0. The Bertz CT molecular complexity index is 3190. The summed E-state index contributed by atoms with van der Waals surface area (Å²) in [6.45, 7) is 8.72. The molecular weight excluding hydrogens is 713 g/mol. The van der Waals surface area contributed by atoms with Crippen LogP contribution in [0.5, 0.6) is 0 Å². The number of anilines is 6. The summed E-state index contributed by atoms with van der Waals surface area (Å²) in [6.07, 6.45) is 4.75. The zero-order chi connectivity index (χ0) is 39.6. The molecule has 10 aromatic carbocycles. The molecule has 0 aliphatic heterocycles. The molecule has 1 spiro atoms. The van der Waals surface area contributed by atoms with Gasteiger partial charge in [0.1, 0.15) is 0 Å². The fraction of sp³-hybridized carbons (Fsp3) is 0.158. The van der Waals surface area contributed by atoms with E-state index in [1.165, 1.54) is 134 Å². The highest BCUT2D eigenvalue weighted by molar-refractivity contribution is 6.43. The number of rotatable bonds is 6. The maximum absolute atomic E-state index is 2.63. The van der Waals surface area contributed by atoms with Crippen LogP contribution in [0, 0.1) is 27.7 Å². The molecule has 0 aromatic heterocycles. The third-order valence-electron chi connectivity index (χ3n) is 13.9. The standard InChI is InChI=1S/C57H46N2/c1-35-16-24-39(25-17-35)58(40-26-18-36(2)19-27-40)50-34-49-54-51-43(10-7-12-45(50)51)44-11-8-13-46-52(44)55(54)53-47(14-9-15-48(53)57(49)32-5-6-33-57)56(46)59(41-28-20-37(3)21-29-41)42-30-22-38(4)23-31-42/h7-31,34H,5-6,32-33H2,1-4H3. The van der Waals surface area contributed by atoms with Crippen LogP contribution in [0.1, 0.15) is 59.1 Å². The van der Waals surface area contributed by atoms with Gasteiger partial charge in [-0.1, -0.05) is 138 Å². The molecule has 2 nitrogen and oxygen atoms in total. The summed E-state index contributed by atoms with van der Waals surface area (Å²) in [6, 6.07) is 60.5. The van der Waals surface area contributed by atoms with Crippen molar-refractivity contribution in [3.63, 3.8) is 0 Å². The normalized spacial score (nSPS) is 14.3. The molecule has 2 aliphatic carbocycles. The van der Waals surface area contributed by atoms with Crippen molar-refractivity contribution in [2.45, 2.75) is 58.8 Å². The zero-order valence-electron chi connectivity index (χ0n) is 34.2. The summed E-state index contributed by atoms with van der Waals surface area (Å²) in [5.41, 5.74) is 15.2. The van der Waals surface area contributed by atoms with Crippen LogP contribution in [0.25, 0.3) is 53.9 Å². The zero-order valence-corrected chi connectivity index (χ0v) is 34.2. The van der Waals surface area contributed by atoms with E-state index in [1.54, 1.807) is 0 Å². The third-order valence-corrected chi connectivity index (χ3v) is 13.9. The molecule has 0 N–H and O–H groups in total. The molecule has 1 fully saturated rings. The molecule has 0 radical (unpaired) electrons. The van der Waals surface area contributed by atoms with Crippen molar-refractivity contribution in [1.29, 1.82) is 0 Å². The summed E-state index contributed by atoms with van der Waals surface area (Å²) >= 11 is 0. The van der Waals surface area contributed by atoms with Crippen LogP contribution in [0.4, 0.5) is 34.1 Å². The maximum Gasteiger partial charge on any atom is 0.0619 e. The van der Waals surface area contributed by atoms with Gasteiger partial charge < -0.3 is 9.80 Å². The molecule has 0 saturated heterocycles. The molecule has 284 valence electrons. The topological polar surface area (TPSA) is 6.48 Å². The Hall–Kier alpha value is -6.64. The number of aryl methyl sites for hydroxylation is 4. The summed E-state index contributed by atoms with van der Waals surface area (Å²) in [5, 5.41) is 13.7. The van der Waals surface area contributed by atoms with Crippen molar-refractivity contribution < 1.29 is 0 Å². The Kier molecular flexibility index (Phi) is 7.39. The van der Waals surface area contributed by atoms with Gasteiger partial charge in [-0.3, -0.25) is 0 Å². The Morgan fingerprint density at radius 1 is 0.356 bits per heavy atom. The minimum Gasteiger partial charge on any atom is -0.310 e. The lowest BCUT2D eigenvalue weighted by atomic mass is 9.64. The number of benzene rings is 10. The van der Waals surface area contributed by atoms with E-state index in [0.29, 0.717) is 0 Å². The van der Waals surface area contributed by atoms with Gasteiger partial charge in [0.25, 0.3) is 0 Å². The molecule has 2 heteroatoms. The van der Waals surface area contributed by atoms with E-state index >= 15 is 0 Å². The lowest BCUT2D eigenvalue weighted by Crippen LogP contribution is -2.27. The number of fused-ring (bicyclic) bond motifs is 3. The van der Waals surface area contributed by atoms with Gasteiger partial charge in [0, 0.05) is 49.7 Å². The molecule has 0 atom stereocenters. The van der Waals surface area contributed by atoms with Crippen LogP contribution in [0.2, 0.25) is 0 Å². The predicted molar refractivity (Wildman–Crippen MR) is 253 cm³/mol. The highest BCUT2D eigenvalue weighted by atomic mass is 15.2. The molecule has 1 saturated carbocycles. The van der Waals surface area contributed by atoms with Crippen molar-refractivity contribution in [3.8, 4) is 0 Å². The van der Waals surface area contributed by atoms with Crippen molar-refractivity contribution in [2.75, 3.05) is 9.80 Å². The first-order chi connectivity index (χ1) is 28.9. The van der Waals surface area contributed by atoms with E-state index < -0.39 is 0 Å². The Balaban J connectivity index is 1.28. The van der Waals surface area contributed by atoms with Crippen molar-refractivity contribution in [3.05, 3.63) is 191 Å². The monoisotopic (exact) mass is 758 g/mol. The second-order valence-corrected chi connectivity index (χ2v) is 17.5. The van der Waals surface area contributed by atoms with Gasteiger partial charge in [-0.25, -0.2) is 0 Å². The molecule has 59 heavy (non-hydrogen) atoms. The first-order valence-corrected chi connectivity index (χ1v) is 21.4. The number of hydrogen-bond acceptors (Lipinski definition) is 2. The van der Waals surface area contributed by atoms with Crippen LogP contribution < -0.4 is 9.80 Å². The fourth-order valence-corrected chi connectivity index (χ4v) is 11.2. The highest BCUT2D eigenvalue weighted by Crippen LogP contribution is 2.62. The Morgan fingerprint density at radius 3 is 1.27 bits per heavy atom. The molecule has 0 amide bonds. The minimum absolute atomic E-state index is 0.0973. The molecular formula is C57H46N2. The molecule has 10 aromatic rings. The average molecular weight is 759 g/mol. The highest BCUT2D eigenvalue weighted by Gasteiger charge is 2.44. The second kappa shape index (κ2) is 12.7. The van der Waals surface area contributed by atoms with Crippen molar-refractivity contribution in [2.24, 2.45) is 0 Å². The van der Waals surface area contributed by atoms with Gasteiger partial charge in [-0.05, 0) is 139 Å². The predicted octanol–water partition coefficient (Wildman–Crippen LogP) is 16.2. The van der Waals surface area contributed by atoms with Crippen LogP contribution >= 0.6 is 0 Å². The van der Waals surface area contributed by atoms with Crippen molar-refractivity contribution in [1.82, 2.24) is 0 Å².